The van der Waals surface area contributed by atoms with E-state index in [4.69, 9.17) is 5.84 Å². The van der Waals surface area contributed by atoms with Crippen LogP contribution < -0.4 is 16.6 Å². The highest BCUT2D eigenvalue weighted by Gasteiger charge is 2.21. The number of nitrogen functional groups attached to an aromatic ring is 1. The SMILES string of the molecule is CC1CCC(Nc2cc(NN)nc(C(C)C)n2)C1. The molecule has 18 heavy (non-hydrogen) atoms. The van der Waals surface area contributed by atoms with Crippen molar-refractivity contribution in [3.05, 3.63) is 11.9 Å². The predicted octanol–water partition coefficient (Wildman–Crippen LogP) is 2.49. The van der Waals surface area contributed by atoms with Crippen molar-refractivity contribution in [3.8, 4) is 0 Å². The molecule has 2 unspecified atom stereocenters. The maximum absolute atomic E-state index is 5.45. The fourth-order valence-corrected chi connectivity index (χ4v) is 2.42. The largest absolute Gasteiger partial charge is 0.367 e. The molecule has 1 aliphatic rings. The van der Waals surface area contributed by atoms with Gasteiger partial charge in [-0.1, -0.05) is 20.8 Å². The molecule has 5 heteroatoms. The monoisotopic (exact) mass is 249 g/mol. The first-order valence-corrected chi connectivity index (χ1v) is 6.70. The molecule has 0 bridgehead atoms. The van der Waals surface area contributed by atoms with Gasteiger partial charge in [0.05, 0.1) is 0 Å². The van der Waals surface area contributed by atoms with Gasteiger partial charge < -0.3 is 10.7 Å². The molecule has 1 heterocycles. The van der Waals surface area contributed by atoms with E-state index in [9.17, 15) is 0 Å². The molecule has 1 saturated carbocycles. The van der Waals surface area contributed by atoms with Gasteiger partial charge in [0.1, 0.15) is 17.5 Å². The molecule has 4 N–H and O–H groups in total. The van der Waals surface area contributed by atoms with E-state index >= 15 is 0 Å². The standard InChI is InChI=1S/C13H23N5/c1-8(2)13-16-11(7-12(17-13)18-14)15-10-5-4-9(3)6-10/h7-10H,4-6,14H2,1-3H3,(H2,15,16,17,18). The maximum atomic E-state index is 5.45. The van der Waals surface area contributed by atoms with E-state index in [1.807, 2.05) is 6.07 Å². The Morgan fingerprint density at radius 3 is 2.56 bits per heavy atom. The van der Waals surface area contributed by atoms with Gasteiger partial charge in [0.25, 0.3) is 0 Å². The lowest BCUT2D eigenvalue weighted by Gasteiger charge is -2.15. The minimum Gasteiger partial charge on any atom is -0.367 e. The van der Waals surface area contributed by atoms with Crippen molar-refractivity contribution < 1.29 is 0 Å². The van der Waals surface area contributed by atoms with Crippen molar-refractivity contribution in [3.63, 3.8) is 0 Å². The molecule has 0 amide bonds. The van der Waals surface area contributed by atoms with Crippen LogP contribution in [0.4, 0.5) is 11.6 Å². The first kappa shape index (κ1) is 13.1. The quantitative estimate of drug-likeness (QED) is 0.564. The fraction of sp³-hybridized carbons (Fsp3) is 0.692. The number of nitrogens with zero attached hydrogens (tertiary/aromatic N) is 2. The Balaban J connectivity index is 2.13. The summed E-state index contributed by atoms with van der Waals surface area (Å²) >= 11 is 0. The summed E-state index contributed by atoms with van der Waals surface area (Å²) < 4.78 is 0. The molecule has 2 atom stereocenters. The lowest BCUT2D eigenvalue weighted by Crippen LogP contribution is -2.18. The predicted molar refractivity (Wildman–Crippen MR) is 74.4 cm³/mol. The summed E-state index contributed by atoms with van der Waals surface area (Å²) in [4.78, 5) is 8.91. The molecule has 0 saturated heterocycles. The minimum absolute atomic E-state index is 0.293. The molecule has 5 nitrogen and oxygen atoms in total. The first-order valence-electron chi connectivity index (χ1n) is 6.70. The Bertz CT molecular complexity index is 404. The fourth-order valence-electron chi connectivity index (χ4n) is 2.42. The van der Waals surface area contributed by atoms with E-state index in [0.717, 1.165) is 17.6 Å². The molecule has 1 aromatic rings. The van der Waals surface area contributed by atoms with E-state index in [0.29, 0.717) is 17.8 Å². The average Bonchev–Trinajstić information content (AvgIpc) is 2.74. The highest BCUT2D eigenvalue weighted by Crippen LogP contribution is 2.27. The minimum atomic E-state index is 0.293. The summed E-state index contributed by atoms with van der Waals surface area (Å²) in [6.07, 6.45) is 3.72. The van der Waals surface area contributed by atoms with Gasteiger partial charge >= 0.3 is 0 Å². The summed E-state index contributed by atoms with van der Waals surface area (Å²) in [6, 6.07) is 2.40. The average molecular weight is 249 g/mol. The molecule has 0 radical (unpaired) electrons. The van der Waals surface area contributed by atoms with E-state index in [1.165, 1.54) is 19.3 Å². The van der Waals surface area contributed by atoms with Crippen molar-refractivity contribution in [2.24, 2.45) is 11.8 Å². The first-order chi connectivity index (χ1) is 8.58. The highest BCUT2D eigenvalue weighted by atomic mass is 15.3. The second-order valence-electron chi connectivity index (χ2n) is 5.56. The van der Waals surface area contributed by atoms with Crippen LogP contribution in [0.25, 0.3) is 0 Å². The van der Waals surface area contributed by atoms with Crippen molar-refractivity contribution in [1.29, 1.82) is 0 Å². The zero-order valence-corrected chi connectivity index (χ0v) is 11.4. The topological polar surface area (TPSA) is 75.9 Å². The van der Waals surface area contributed by atoms with E-state index in [1.54, 1.807) is 0 Å². The van der Waals surface area contributed by atoms with Crippen LogP contribution in [0.1, 0.15) is 51.8 Å². The molecule has 1 fully saturated rings. The third-order valence-corrected chi connectivity index (χ3v) is 3.45. The smallest absolute Gasteiger partial charge is 0.145 e. The third kappa shape index (κ3) is 3.10. The van der Waals surface area contributed by atoms with Gasteiger partial charge in [0.15, 0.2) is 0 Å². The summed E-state index contributed by atoms with van der Waals surface area (Å²) in [7, 11) is 0. The summed E-state index contributed by atoms with van der Waals surface area (Å²) in [5.41, 5.74) is 2.61. The summed E-state index contributed by atoms with van der Waals surface area (Å²) in [5, 5.41) is 3.49. The summed E-state index contributed by atoms with van der Waals surface area (Å²) in [5.74, 6) is 8.91. The molecule has 1 aliphatic carbocycles. The number of hydrazine groups is 1. The van der Waals surface area contributed by atoms with Gasteiger partial charge in [-0.3, -0.25) is 0 Å². The molecule has 0 aliphatic heterocycles. The molecule has 0 aromatic carbocycles. The number of hydrogen-bond donors (Lipinski definition) is 3. The van der Waals surface area contributed by atoms with Gasteiger partial charge in [-0.25, -0.2) is 15.8 Å². The number of anilines is 2. The summed E-state index contributed by atoms with van der Waals surface area (Å²) in [6.45, 7) is 6.46. The molecular formula is C13H23N5. The zero-order valence-electron chi connectivity index (χ0n) is 11.4. The molecule has 100 valence electrons. The Morgan fingerprint density at radius 1 is 1.28 bits per heavy atom. The van der Waals surface area contributed by atoms with Crippen molar-refractivity contribution in [2.45, 2.75) is 52.0 Å². The normalized spacial score (nSPS) is 23.4. The second kappa shape index (κ2) is 5.52. The Morgan fingerprint density at radius 2 is 2.00 bits per heavy atom. The lowest BCUT2D eigenvalue weighted by atomic mass is 10.1. The number of rotatable bonds is 4. The van der Waals surface area contributed by atoms with E-state index in [-0.39, 0.29) is 0 Å². The molecular weight excluding hydrogens is 226 g/mol. The van der Waals surface area contributed by atoms with E-state index < -0.39 is 0 Å². The van der Waals surface area contributed by atoms with Crippen LogP contribution in [-0.2, 0) is 0 Å². The van der Waals surface area contributed by atoms with Crippen LogP contribution in [0, 0.1) is 5.92 Å². The van der Waals surface area contributed by atoms with Crippen molar-refractivity contribution in [2.75, 3.05) is 10.7 Å². The second-order valence-corrected chi connectivity index (χ2v) is 5.56. The Labute approximate surface area is 109 Å². The zero-order chi connectivity index (χ0) is 13.1. The third-order valence-electron chi connectivity index (χ3n) is 3.45. The van der Waals surface area contributed by atoms with Crippen LogP contribution in [0.2, 0.25) is 0 Å². The Kier molecular flexibility index (Phi) is 4.01. The number of nitrogens with one attached hydrogen (secondary N) is 2. The van der Waals surface area contributed by atoms with Crippen molar-refractivity contribution >= 4 is 11.6 Å². The number of aromatic nitrogens is 2. The van der Waals surface area contributed by atoms with Crippen LogP contribution >= 0.6 is 0 Å². The van der Waals surface area contributed by atoms with Crippen LogP contribution in [0.15, 0.2) is 6.07 Å². The molecule has 1 aromatic heterocycles. The Hall–Kier alpha value is -1.36. The molecule has 0 spiro atoms. The van der Waals surface area contributed by atoms with Crippen LogP contribution in [0.3, 0.4) is 0 Å². The lowest BCUT2D eigenvalue weighted by molar-refractivity contribution is 0.602. The number of nitrogens with two attached hydrogens (primary N) is 1. The van der Waals surface area contributed by atoms with Crippen molar-refractivity contribution in [1.82, 2.24) is 9.97 Å². The van der Waals surface area contributed by atoms with Crippen LogP contribution in [0.5, 0.6) is 0 Å². The van der Waals surface area contributed by atoms with Gasteiger partial charge in [0, 0.05) is 18.0 Å². The highest BCUT2D eigenvalue weighted by molar-refractivity contribution is 5.47. The molecule has 2 rings (SSSR count). The van der Waals surface area contributed by atoms with Gasteiger partial charge in [-0.2, -0.15) is 0 Å². The van der Waals surface area contributed by atoms with Crippen LogP contribution in [-0.4, -0.2) is 16.0 Å². The van der Waals surface area contributed by atoms with E-state index in [2.05, 4.69) is 41.5 Å². The van der Waals surface area contributed by atoms with Gasteiger partial charge in [-0.15, -0.1) is 0 Å². The van der Waals surface area contributed by atoms with Gasteiger partial charge in [-0.05, 0) is 25.2 Å². The van der Waals surface area contributed by atoms with Gasteiger partial charge in [0.2, 0.25) is 0 Å². The number of hydrogen-bond acceptors (Lipinski definition) is 5. The maximum Gasteiger partial charge on any atom is 0.145 e.